The predicted molar refractivity (Wildman–Crippen MR) is 40.8 cm³/mol. The van der Waals surface area contributed by atoms with Crippen LogP contribution in [0.4, 0.5) is 0 Å². The van der Waals surface area contributed by atoms with Gasteiger partial charge in [0.05, 0.1) is 0 Å². The monoisotopic (exact) mass is 160 g/mol. The van der Waals surface area contributed by atoms with Crippen LogP contribution in [-0.2, 0) is 9.63 Å². The van der Waals surface area contributed by atoms with Gasteiger partial charge in [0.25, 0.3) is 0 Å². The first kappa shape index (κ1) is 9.19. The molecule has 0 radical (unpaired) electrons. The average molecular weight is 160 g/mol. The first-order valence-corrected chi connectivity index (χ1v) is 4.61. The van der Waals surface area contributed by atoms with Crippen molar-refractivity contribution in [1.29, 1.82) is 0 Å². The highest BCUT2D eigenvalue weighted by atomic mass is 32.3. The topological polar surface area (TPSA) is 57.5 Å². The van der Waals surface area contributed by atoms with Gasteiger partial charge >= 0.3 is 0 Å². The van der Waals surface area contributed by atoms with Gasteiger partial charge in [-0.2, -0.15) is 0 Å². The molecule has 0 bridgehead atoms. The second kappa shape index (κ2) is 2.43. The van der Waals surface area contributed by atoms with Crippen LogP contribution in [0.5, 0.6) is 0 Å². The van der Waals surface area contributed by atoms with Crippen molar-refractivity contribution in [2.45, 2.75) is 0 Å². The van der Waals surface area contributed by atoms with Crippen molar-refractivity contribution in [2.24, 2.45) is 0 Å². The zero-order chi connectivity index (χ0) is 8.28. The molecular weight excluding hydrogens is 152 g/mol. The van der Waals surface area contributed by atoms with Crippen molar-refractivity contribution in [3.05, 3.63) is 0 Å². The van der Waals surface area contributed by atoms with Gasteiger partial charge in [-0.15, -0.1) is 12.8 Å². The zero-order valence-electron chi connectivity index (χ0n) is 5.28. The summed E-state index contributed by atoms with van der Waals surface area (Å²) < 4.78 is 28.4. The minimum Gasteiger partial charge on any atom is -0.306 e. The molecule has 56 valence electrons. The highest BCUT2D eigenvalue weighted by Gasteiger charge is 2.26. The Kier molecular flexibility index (Phi) is 2.24. The van der Waals surface area contributed by atoms with E-state index in [1.807, 2.05) is 11.8 Å². The van der Waals surface area contributed by atoms with Crippen molar-refractivity contribution in [2.75, 3.05) is 11.5 Å². The fourth-order valence-corrected chi connectivity index (χ4v) is 1.16. The molecule has 0 fully saturated rings. The summed E-state index contributed by atoms with van der Waals surface area (Å²) in [5.74, 6) is 2.53. The van der Waals surface area contributed by atoms with E-state index in [-0.39, 0.29) is 0 Å². The molecule has 0 aromatic heterocycles. The van der Waals surface area contributed by atoms with E-state index in [4.69, 9.17) is 22.0 Å². The molecule has 0 aromatic carbocycles. The van der Waals surface area contributed by atoms with Crippen LogP contribution in [0.2, 0.25) is 0 Å². The Bertz CT molecular complexity index is 238. The molecule has 0 saturated heterocycles. The molecular formula is C6H8O3S. The highest BCUT2D eigenvalue weighted by Crippen LogP contribution is 2.13. The Morgan fingerprint density at radius 1 is 1.20 bits per heavy atom. The number of terminal acetylenes is 2. The molecule has 0 aliphatic rings. The SMILES string of the molecule is C#CCS(=O)(O)(O)CC#C. The third-order valence-corrected chi connectivity index (χ3v) is 2.24. The molecule has 0 rings (SSSR count). The molecule has 0 heterocycles. The van der Waals surface area contributed by atoms with Crippen LogP contribution in [-0.4, -0.2) is 24.8 Å². The van der Waals surface area contributed by atoms with Crippen molar-refractivity contribution in [3.8, 4) is 24.7 Å². The second-order valence-corrected chi connectivity index (χ2v) is 4.84. The lowest BCUT2D eigenvalue weighted by molar-refractivity contribution is 0.399. The fraction of sp³-hybridized carbons (Fsp3) is 0.333. The zero-order valence-corrected chi connectivity index (χ0v) is 6.10. The summed E-state index contributed by atoms with van der Waals surface area (Å²) in [6, 6.07) is 0. The van der Waals surface area contributed by atoms with Crippen LogP contribution >= 0.6 is 0 Å². The molecule has 2 N–H and O–H groups in total. The lowest BCUT2D eigenvalue weighted by Gasteiger charge is -2.25. The van der Waals surface area contributed by atoms with Gasteiger partial charge < -0.3 is 9.11 Å². The second-order valence-electron chi connectivity index (χ2n) is 1.88. The summed E-state index contributed by atoms with van der Waals surface area (Å²) in [6.07, 6.45) is 9.44. The third kappa shape index (κ3) is 3.26. The largest absolute Gasteiger partial charge is 0.306 e. The Morgan fingerprint density at radius 2 is 1.50 bits per heavy atom. The van der Waals surface area contributed by atoms with Gasteiger partial charge in [0.15, 0.2) is 0 Å². The number of hydrogen-bond donors (Lipinski definition) is 2. The van der Waals surface area contributed by atoms with E-state index in [9.17, 15) is 4.21 Å². The minimum absolute atomic E-state index is 0.610. The average Bonchev–Trinajstić information content (AvgIpc) is 1.61. The fourth-order valence-electron chi connectivity index (χ4n) is 0.386. The summed E-state index contributed by atoms with van der Waals surface area (Å²) in [6.45, 7) is 0. The van der Waals surface area contributed by atoms with E-state index in [1.165, 1.54) is 0 Å². The van der Waals surface area contributed by atoms with Gasteiger partial charge in [0.1, 0.15) is 21.1 Å². The molecule has 0 aliphatic carbocycles. The molecule has 10 heavy (non-hydrogen) atoms. The molecule has 0 aliphatic heterocycles. The lowest BCUT2D eigenvalue weighted by Crippen LogP contribution is -2.37. The van der Waals surface area contributed by atoms with E-state index in [0.29, 0.717) is 0 Å². The van der Waals surface area contributed by atoms with Crippen LogP contribution in [0, 0.1) is 24.7 Å². The Balaban J connectivity index is 4.51. The summed E-state index contributed by atoms with van der Waals surface area (Å²) in [4.78, 5) is 0. The number of rotatable bonds is 2. The molecule has 0 atom stereocenters. The van der Waals surface area contributed by atoms with Gasteiger partial charge in [-0.1, -0.05) is 11.8 Å². The van der Waals surface area contributed by atoms with Gasteiger partial charge in [-0.05, 0) is 0 Å². The molecule has 0 saturated carbocycles. The van der Waals surface area contributed by atoms with E-state index >= 15 is 0 Å². The molecule has 0 aromatic rings. The maximum Gasteiger partial charge on any atom is 0.108 e. The van der Waals surface area contributed by atoms with Crippen LogP contribution in [0.25, 0.3) is 0 Å². The van der Waals surface area contributed by atoms with Crippen molar-refractivity contribution >= 4 is 9.63 Å². The van der Waals surface area contributed by atoms with Crippen molar-refractivity contribution < 1.29 is 13.3 Å². The summed E-state index contributed by atoms with van der Waals surface area (Å²) in [5, 5.41) is 0. The van der Waals surface area contributed by atoms with Gasteiger partial charge in [0.2, 0.25) is 0 Å². The van der Waals surface area contributed by atoms with E-state index in [2.05, 4.69) is 0 Å². The van der Waals surface area contributed by atoms with E-state index in [0.717, 1.165) is 0 Å². The molecule has 4 heteroatoms. The van der Waals surface area contributed by atoms with Crippen molar-refractivity contribution in [3.63, 3.8) is 0 Å². The van der Waals surface area contributed by atoms with Crippen LogP contribution in [0.3, 0.4) is 0 Å². The highest BCUT2D eigenvalue weighted by molar-refractivity contribution is 8.10. The van der Waals surface area contributed by atoms with E-state index in [1.54, 1.807) is 0 Å². The van der Waals surface area contributed by atoms with Gasteiger partial charge in [-0.25, -0.2) is 4.21 Å². The Labute approximate surface area is 59.9 Å². The standard InChI is InChI=1S/C6H8O3S/c1-3-5-10(7,8,9)6-4-2/h1-2H,5-6H2,(H2,7,8,9). The molecule has 3 nitrogen and oxygen atoms in total. The molecule has 0 unspecified atom stereocenters. The first-order valence-electron chi connectivity index (χ1n) is 2.39. The summed E-state index contributed by atoms with van der Waals surface area (Å²) in [7, 11) is -4.65. The van der Waals surface area contributed by atoms with Crippen LogP contribution in [0.1, 0.15) is 0 Å². The summed E-state index contributed by atoms with van der Waals surface area (Å²) in [5.41, 5.74) is 0. The third-order valence-electron chi connectivity index (χ3n) is 0.747. The molecule has 0 spiro atoms. The van der Waals surface area contributed by atoms with Crippen LogP contribution in [0.15, 0.2) is 0 Å². The lowest BCUT2D eigenvalue weighted by atomic mass is 10.8. The molecule has 0 amide bonds. The Hall–Kier alpha value is -0.810. The Morgan fingerprint density at radius 3 is 1.70 bits per heavy atom. The minimum atomic E-state index is -4.65. The number of hydrogen-bond acceptors (Lipinski definition) is 1. The van der Waals surface area contributed by atoms with Crippen LogP contribution < -0.4 is 0 Å². The van der Waals surface area contributed by atoms with Crippen molar-refractivity contribution in [1.82, 2.24) is 0 Å². The van der Waals surface area contributed by atoms with Gasteiger partial charge in [-0.3, -0.25) is 0 Å². The summed E-state index contributed by atoms with van der Waals surface area (Å²) >= 11 is 0. The smallest absolute Gasteiger partial charge is 0.108 e. The maximum absolute atomic E-state index is 10.8. The normalized spacial score (nSPS) is 14.2. The van der Waals surface area contributed by atoms with E-state index < -0.39 is 21.1 Å². The quantitative estimate of drug-likeness (QED) is 0.560. The first-order chi connectivity index (χ1) is 4.39. The maximum atomic E-state index is 10.8. The van der Waals surface area contributed by atoms with Gasteiger partial charge in [0, 0.05) is 0 Å². The predicted octanol–water partition coefficient (Wildman–Crippen LogP) is 0.0189.